The fraction of sp³-hybridized carbons (Fsp3) is 0.136. The molecule has 0 aliphatic rings. The number of carbonyl (C=O) groups excluding carboxylic acids is 2. The van der Waals surface area contributed by atoms with E-state index in [9.17, 15) is 35.9 Å². The third-order valence-electron chi connectivity index (χ3n) is 4.34. The largest absolute Gasteiger partial charge is 0.573 e. The number of rotatable bonds is 9. The zero-order valence-corrected chi connectivity index (χ0v) is 18.4. The maximum Gasteiger partial charge on any atom is 0.573 e. The number of pyridine rings is 1. The molecule has 0 saturated heterocycles. The first-order valence-corrected chi connectivity index (χ1v) is 9.83. The summed E-state index contributed by atoms with van der Waals surface area (Å²) in [6.07, 6.45) is -3.96. The number of halogens is 6. The first kappa shape index (κ1) is 26.9. The van der Waals surface area contributed by atoms with Crippen molar-refractivity contribution in [1.82, 2.24) is 4.98 Å². The summed E-state index contributed by atoms with van der Waals surface area (Å²) in [5.41, 5.74) is 4.17. The molecule has 0 saturated carbocycles. The molecule has 2 amide bonds. The Hall–Kier alpha value is -4.69. The molecule has 0 fully saturated rings. The van der Waals surface area contributed by atoms with Crippen LogP contribution in [0.25, 0.3) is 0 Å². The van der Waals surface area contributed by atoms with E-state index in [2.05, 4.69) is 19.8 Å². The maximum atomic E-state index is 14.9. The van der Waals surface area contributed by atoms with Gasteiger partial charge in [0.2, 0.25) is 0 Å². The lowest BCUT2D eigenvalue weighted by Crippen LogP contribution is -2.17. The Morgan fingerprint density at radius 1 is 1.00 bits per heavy atom. The average Bonchev–Trinajstić information content (AvgIpc) is 2.78. The van der Waals surface area contributed by atoms with E-state index >= 15 is 0 Å². The number of alkyl halides is 5. The minimum atomic E-state index is -5.01. The predicted molar refractivity (Wildman–Crippen MR) is 113 cm³/mol. The molecule has 0 unspecified atom stereocenters. The number of methoxy groups -OCH3 is 1. The van der Waals surface area contributed by atoms with Crippen molar-refractivity contribution in [2.75, 3.05) is 12.4 Å². The van der Waals surface area contributed by atoms with Gasteiger partial charge in [-0.05, 0) is 24.3 Å². The number of primary amides is 1. The molecule has 0 radical (unpaired) electrons. The van der Waals surface area contributed by atoms with Crippen molar-refractivity contribution in [3.63, 3.8) is 0 Å². The molecule has 0 aliphatic heterocycles. The fourth-order valence-corrected chi connectivity index (χ4v) is 2.88. The first-order valence-electron chi connectivity index (χ1n) is 9.83. The molecule has 3 rings (SSSR count). The van der Waals surface area contributed by atoms with Crippen LogP contribution in [0.5, 0.6) is 28.7 Å². The Morgan fingerprint density at radius 3 is 2.27 bits per heavy atom. The third-order valence-corrected chi connectivity index (χ3v) is 4.34. The SMILES string of the molecule is COc1cc(OC(F)(F)F)ccc1Oc1cc(OC(F)F)cc(F)c1C(=O)Nc1ccc(C(N)=O)nc1. The molecular formula is C22H15F6N3O6. The lowest BCUT2D eigenvalue weighted by Gasteiger charge is -2.17. The van der Waals surface area contributed by atoms with Crippen molar-refractivity contribution in [2.45, 2.75) is 13.0 Å². The van der Waals surface area contributed by atoms with Gasteiger partial charge in [0.25, 0.3) is 11.8 Å². The number of ether oxygens (including phenoxy) is 4. The number of aromatic nitrogens is 1. The highest BCUT2D eigenvalue weighted by Crippen LogP contribution is 2.39. The van der Waals surface area contributed by atoms with Crippen molar-refractivity contribution in [3.05, 3.63) is 65.7 Å². The summed E-state index contributed by atoms with van der Waals surface area (Å²) in [6, 6.07) is 6.27. The van der Waals surface area contributed by atoms with Crippen LogP contribution in [0, 0.1) is 5.82 Å². The van der Waals surface area contributed by atoms with Crippen LogP contribution in [0.1, 0.15) is 20.8 Å². The number of nitrogens with one attached hydrogen (secondary N) is 1. The van der Waals surface area contributed by atoms with Gasteiger partial charge < -0.3 is 30.0 Å². The van der Waals surface area contributed by atoms with Crippen LogP contribution >= 0.6 is 0 Å². The van der Waals surface area contributed by atoms with Crippen LogP contribution in [0.4, 0.5) is 32.0 Å². The molecule has 0 spiro atoms. The summed E-state index contributed by atoms with van der Waals surface area (Å²) in [6.45, 7) is -3.35. The second-order valence-electron chi connectivity index (χ2n) is 6.87. The molecule has 3 aromatic rings. The van der Waals surface area contributed by atoms with Crippen molar-refractivity contribution in [1.29, 1.82) is 0 Å². The summed E-state index contributed by atoms with van der Waals surface area (Å²) in [5, 5.41) is 2.28. The molecule has 0 aliphatic carbocycles. The van der Waals surface area contributed by atoms with Gasteiger partial charge in [-0.3, -0.25) is 9.59 Å². The number of hydrogen-bond donors (Lipinski definition) is 2. The fourth-order valence-electron chi connectivity index (χ4n) is 2.88. The summed E-state index contributed by atoms with van der Waals surface area (Å²) < 4.78 is 96.3. The van der Waals surface area contributed by atoms with Gasteiger partial charge in [0.05, 0.1) is 19.0 Å². The minimum Gasteiger partial charge on any atom is -0.493 e. The molecule has 15 heteroatoms. The third kappa shape index (κ3) is 7.16. The molecule has 9 nitrogen and oxygen atoms in total. The zero-order valence-electron chi connectivity index (χ0n) is 18.4. The van der Waals surface area contributed by atoms with Crippen molar-refractivity contribution in [2.24, 2.45) is 5.73 Å². The second-order valence-corrected chi connectivity index (χ2v) is 6.87. The summed E-state index contributed by atoms with van der Waals surface area (Å²) in [7, 11) is 1.08. The maximum absolute atomic E-state index is 14.9. The van der Waals surface area contributed by atoms with E-state index in [0.29, 0.717) is 6.07 Å². The van der Waals surface area contributed by atoms with E-state index < -0.39 is 53.4 Å². The van der Waals surface area contributed by atoms with E-state index in [4.69, 9.17) is 15.2 Å². The summed E-state index contributed by atoms with van der Waals surface area (Å²) >= 11 is 0. The lowest BCUT2D eigenvalue weighted by molar-refractivity contribution is -0.274. The monoisotopic (exact) mass is 531 g/mol. The molecular weight excluding hydrogens is 516 g/mol. The van der Waals surface area contributed by atoms with Crippen molar-refractivity contribution >= 4 is 17.5 Å². The number of nitrogens with two attached hydrogens (primary N) is 1. The van der Waals surface area contributed by atoms with Crippen molar-refractivity contribution in [3.8, 4) is 28.7 Å². The molecule has 1 heterocycles. The van der Waals surface area contributed by atoms with E-state index in [1.54, 1.807) is 0 Å². The van der Waals surface area contributed by atoms with Gasteiger partial charge in [0, 0.05) is 18.2 Å². The number of benzene rings is 2. The molecule has 0 atom stereocenters. The number of hydrogen-bond acceptors (Lipinski definition) is 7. The Kier molecular flexibility index (Phi) is 7.95. The highest BCUT2D eigenvalue weighted by molar-refractivity contribution is 6.06. The standard InChI is InChI=1S/C22H15F6N3O6/c1-34-16-7-11(37-22(26,27)28)3-5-15(16)36-17-8-12(35-21(24)25)6-13(23)18(17)20(33)31-10-2-4-14(19(29)32)30-9-10/h2-9,21H,1H3,(H2,29,32)(H,31,33). The molecule has 2 aromatic carbocycles. The number of carbonyl (C=O) groups is 2. The Morgan fingerprint density at radius 2 is 1.70 bits per heavy atom. The van der Waals surface area contributed by atoms with Gasteiger partial charge in [-0.2, -0.15) is 8.78 Å². The Bertz CT molecular complexity index is 1300. The Labute approximate surface area is 203 Å². The normalized spacial score (nSPS) is 11.1. The summed E-state index contributed by atoms with van der Waals surface area (Å²) in [5.74, 6) is -6.03. The van der Waals surface area contributed by atoms with E-state index in [0.717, 1.165) is 37.6 Å². The lowest BCUT2D eigenvalue weighted by atomic mass is 10.1. The smallest absolute Gasteiger partial charge is 0.493 e. The molecule has 0 bridgehead atoms. The molecule has 37 heavy (non-hydrogen) atoms. The first-order chi connectivity index (χ1) is 17.4. The number of anilines is 1. The summed E-state index contributed by atoms with van der Waals surface area (Å²) in [4.78, 5) is 27.7. The Balaban J connectivity index is 1.99. The quantitative estimate of drug-likeness (QED) is 0.378. The van der Waals surface area contributed by atoms with E-state index in [1.165, 1.54) is 12.1 Å². The topological polar surface area (TPSA) is 122 Å². The van der Waals surface area contributed by atoms with Crippen LogP contribution in [0.3, 0.4) is 0 Å². The number of amides is 2. The predicted octanol–water partition coefficient (Wildman–Crippen LogP) is 4.87. The van der Waals surface area contributed by atoms with Gasteiger partial charge in [-0.15, -0.1) is 13.2 Å². The van der Waals surface area contributed by atoms with Crippen LogP contribution in [0.15, 0.2) is 48.7 Å². The van der Waals surface area contributed by atoms with Gasteiger partial charge in [0.1, 0.15) is 34.3 Å². The average molecular weight is 531 g/mol. The van der Waals surface area contributed by atoms with Crippen LogP contribution < -0.4 is 30.0 Å². The van der Waals surface area contributed by atoms with Gasteiger partial charge in [-0.1, -0.05) is 0 Å². The van der Waals surface area contributed by atoms with Gasteiger partial charge >= 0.3 is 13.0 Å². The van der Waals surface area contributed by atoms with Crippen LogP contribution in [-0.2, 0) is 0 Å². The minimum absolute atomic E-state index is 0.000472. The molecule has 196 valence electrons. The second kappa shape index (κ2) is 10.9. The van der Waals surface area contributed by atoms with Gasteiger partial charge in [-0.25, -0.2) is 9.37 Å². The van der Waals surface area contributed by atoms with E-state index in [-0.39, 0.29) is 22.9 Å². The molecule has 1 aromatic heterocycles. The molecule has 3 N–H and O–H groups in total. The zero-order chi connectivity index (χ0) is 27.3. The van der Waals surface area contributed by atoms with Gasteiger partial charge in [0.15, 0.2) is 11.5 Å². The van der Waals surface area contributed by atoms with Crippen LogP contribution in [0.2, 0.25) is 0 Å². The number of nitrogens with zero attached hydrogens (tertiary/aromatic N) is 1. The van der Waals surface area contributed by atoms with Crippen molar-refractivity contribution < 1.29 is 54.9 Å². The highest BCUT2D eigenvalue weighted by Gasteiger charge is 2.31. The van der Waals surface area contributed by atoms with Crippen LogP contribution in [-0.4, -0.2) is 36.9 Å². The highest BCUT2D eigenvalue weighted by atomic mass is 19.4. The van der Waals surface area contributed by atoms with E-state index in [1.807, 2.05) is 0 Å².